The minimum Gasteiger partial charge on any atom is -0.355 e. The highest BCUT2D eigenvalue weighted by molar-refractivity contribution is 6.30. The maximum absolute atomic E-state index is 13.2. The van der Waals surface area contributed by atoms with Crippen LogP contribution in [-0.2, 0) is 16.8 Å². The number of carbonyl (C=O) groups is 1. The number of benzene rings is 2. The van der Waals surface area contributed by atoms with Gasteiger partial charge in [-0.3, -0.25) is 9.69 Å². The van der Waals surface area contributed by atoms with Crippen molar-refractivity contribution < 1.29 is 4.79 Å². The molecule has 29 heavy (non-hydrogen) atoms. The van der Waals surface area contributed by atoms with E-state index >= 15 is 0 Å². The van der Waals surface area contributed by atoms with Gasteiger partial charge in [0.25, 0.3) is 0 Å². The Morgan fingerprint density at radius 3 is 2.31 bits per heavy atom. The molecule has 1 aliphatic carbocycles. The summed E-state index contributed by atoms with van der Waals surface area (Å²) in [6.45, 7) is 4.04. The van der Waals surface area contributed by atoms with Gasteiger partial charge in [0.1, 0.15) is 0 Å². The van der Waals surface area contributed by atoms with E-state index < -0.39 is 0 Å². The summed E-state index contributed by atoms with van der Waals surface area (Å²) in [5.74, 6) is 0.790. The van der Waals surface area contributed by atoms with Crippen LogP contribution >= 0.6 is 11.6 Å². The normalized spacial score (nSPS) is 19.9. The SMILES string of the molecule is O=C(NCC1CCN(Cc2ccccc2)CC1)C1(c2ccc(Cl)cc2)CCCC1. The van der Waals surface area contributed by atoms with Gasteiger partial charge in [-0.05, 0) is 68.0 Å². The van der Waals surface area contributed by atoms with Gasteiger partial charge in [0.2, 0.25) is 5.91 Å². The Kier molecular flexibility index (Phi) is 6.56. The minimum atomic E-state index is -0.362. The topological polar surface area (TPSA) is 32.3 Å². The fourth-order valence-electron chi connectivity index (χ4n) is 4.99. The van der Waals surface area contributed by atoms with Gasteiger partial charge in [0.15, 0.2) is 0 Å². The van der Waals surface area contributed by atoms with E-state index in [1.165, 1.54) is 5.56 Å². The van der Waals surface area contributed by atoms with Gasteiger partial charge in [-0.25, -0.2) is 0 Å². The molecule has 0 radical (unpaired) electrons. The van der Waals surface area contributed by atoms with Crippen LogP contribution in [0.1, 0.15) is 49.7 Å². The molecule has 4 rings (SSSR count). The van der Waals surface area contributed by atoms with Crippen molar-refractivity contribution in [3.63, 3.8) is 0 Å². The Labute approximate surface area is 179 Å². The van der Waals surface area contributed by atoms with Gasteiger partial charge in [0, 0.05) is 18.1 Å². The van der Waals surface area contributed by atoms with Crippen LogP contribution in [0.25, 0.3) is 0 Å². The minimum absolute atomic E-state index is 0.212. The second-order valence-electron chi connectivity index (χ2n) is 8.71. The molecular weight excluding hydrogens is 380 g/mol. The summed E-state index contributed by atoms with van der Waals surface area (Å²) in [7, 11) is 0. The van der Waals surface area contributed by atoms with Crippen molar-refractivity contribution in [1.29, 1.82) is 0 Å². The lowest BCUT2D eigenvalue weighted by molar-refractivity contribution is -0.126. The highest BCUT2D eigenvalue weighted by atomic mass is 35.5. The maximum atomic E-state index is 13.2. The number of piperidine rings is 1. The molecule has 2 aromatic carbocycles. The summed E-state index contributed by atoms with van der Waals surface area (Å²) in [5, 5.41) is 4.05. The second kappa shape index (κ2) is 9.32. The van der Waals surface area contributed by atoms with Crippen LogP contribution in [0.2, 0.25) is 5.02 Å². The van der Waals surface area contributed by atoms with Crippen molar-refractivity contribution in [2.75, 3.05) is 19.6 Å². The average molecular weight is 411 g/mol. The number of carbonyl (C=O) groups excluding carboxylic acids is 1. The first-order valence-electron chi connectivity index (χ1n) is 11.0. The summed E-state index contributed by atoms with van der Waals surface area (Å²) < 4.78 is 0. The van der Waals surface area contributed by atoms with Gasteiger partial charge >= 0.3 is 0 Å². The van der Waals surface area contributed by atoms with E-state index in [1.807, 2.05) is 24.3 Å². The molecular formula is C25H31ClN2O. The highest BCUT2D eigenvalue weighted by Gasteiger charge is 2.42. The molecule has 1 saturated heterocycles. The van der Waals surface area contributed by atoms with E-state index in [0.29, 0.717) is 5.92 Å². The third-order valence-corrected chi connectivity index (χ3v) is 7.05. The molecule has 1 saturated carbocycles. The van der Waals surface area contributed by atoms with E-state index in [1.54, 1.807) is 0 Å². The molecule has 1 amide bonds. The number of halogens is 1. The lowest BCUT2D eigenvalue weighted by atomic mass is 9.78. The first-order valence-corrected chi connectivity index (χ1v) is 11.3. The molecule has 0 unspecified atom stereocenters. The summed E-state index contributed by atoms with van der Waals surface area (Å²) in [6.07, 6.45) is 6.43. The predicted molar refractivity (Wildman–Crippen MR) is 119 cm³/mol. The van der Waals surface area contributed by atoms with Crippen molar-refractivity contribution in [2.45, 2.75) is 50.5 Å². The van der Waals surface area contributed by atoms with E-state index in [4.69, 9.17) is 11.6 Å². The molecule has 2 fully saturated rings. The molecule has 3 nitrogen and oxygen atoms in total. The summed E-state index contributed by atoms with van der Waals surface area (Å²) >= 11 is 6.06. The van der Waals surface area contributed by atoms with Crippen LogP contribution in [0.15, 0.2) is 54.6 Å². The molecule has 4 heteroatoms. The first kappa shape index (κ1) is 20.4. The Morgan fingerprint density at radius 2 is 1.66 bits per heavy atom. The lowest BCUT2D eigenvalue weighted by Crippen LogP contribution is -2.45. The van der Waals surface area contributed by atoms with Gasteiger partial charge < -0.3 is 5.32 Å². The molecule has 2 aromatic rings. The Balaban J connectivity index is 1.29. The molecule has 1 heterocycles. The molecule has 0 bridgehead atoms. The van der Waals surface area contributed by atoms with E-state index in [9.17, 15) is 4.79 Å². The van der Waals surface area contributed by atoms with Crippen molar-refractivity contribution in [3.05, 3.63) is 70.7 Å². The zero-order chi connectivity index (χ0) is 20.1. The van der Waals surface area contributed by atoms with Crippen LogP contribution in [-0.4, -0.2) is 30.4 Å². The Hall–Kier alpha value is -1.84. The summed E-state index contributed by atoms with van der Waals surface area (Å²) in [4.78, 5) is 15.8. The third kappa shape index (κ3) is 4.84. The number of likely N-dealkylation sites (tertiary alicyclic amines) is 1. The quantitative estimate of drug-likeness (QED) is 0.711. The fourth-order valence-corrected chi connectivity index (χ4v) is 5.12. The Morgan fingerprint density at radius 1 is 1.00 bits per heavy atom. The monoisotopic (exact) mass is 410 g/mol. The van der Waals surface area contributed by atoms with Crippen molar-refractivity contribution in [2.24, 2.45) is 5.92 Å². The predicted octanol–water partition coefficient (Wildman–Crippen LogP) is 5.18. The van der Waals surface area contributed by atoms with Crippen LogP contribution in [0.5, 0.6) is 0 Å². The Bertz CT molecular complexity index is 791. The second-order valence-corrected chi connectivity index (χ2v) is 9.15. The van der Waals surface area contributed by atoms with E-state index in [2.05, 4.69) is 40.5 Å². The fraction of sp³-hybridized carbons (Fsp3) is 0.480. The van der Waals surface area contributed by atoms with E-state index in [-0.39, 0.29) is 11.3 Å². The number of nitrogens with zero attached hydrogens (tertiary/aromatic N) is 1. The largest absolute Gasteiger partial charge is 0.355 e. The van der Waals surface area contributed by atoms with Gasteiger partial charge in [-0.2, -0.15) is 0 Å². The number of nitrogens with one attached hydrogen (secondary N) is 1. The molecule has 0 spiro atoms. The lowest BCUT2D eigenvalue weighted by Gasteiger charge is -2.33. The zero-order valence-electron chi connectivity index (χ0n) is 17.1. The smallest absolute Gasteiger partial charge is 0.230 e. The molecule has 154 valence electrons. The van der Waals surface area contributed by atoms with Crippen LogP contribution < -0.4 is 5.32 Å². The molecule has 2 aliphatic rings. The van der Waals surface area contributed by atoms with Crippen molar-refractivity contribution >= 4 is 17.5 Å². The van der Waals surface area contributed by atoms with Gasteiger partial charge in [-0.15, -0.1) is 0 Å². The summed E-state index contributed by atoms with van der Waals surface area (Å²) in [5.41, 5.74) is 2.14. The van der Waals surface area contributed by atoms with Crippen molar-refractivity contribution in [3.8, 4) is 0 Å². The first-order chi connectivity index (χ1) is 14.2. The third-order valence-electron chi connectivity index (χ3n) is 6.80. The molecule has 0 aromatic heterocycles. The summed E-state index contributed by atoms with van der Waals surface area (Å²) in [6, 6.07) is 18.6. The number of amides is 1. The maximum Gasteiger partial charge on any atom is 0.230 e. The van der Waals surface area contributed by atoms with Crippen LogP contribution in [0, 0.1) is 5.92 Å². The van der Waals surface area contributed by atoms with Crippen LogP contribution in [0.4, 0.5) is 0 Å². The van der Waals surface area contributed by atoms with E-state index in [0.717, 1.165) is 75.3 Å². The average Bonchev–Trinajstić information content (AvgIpc) is 3.25. The van der Waals surface area contributed by atoms with Crippen LogP contribution in [0.3, 0.4) is 0 Å². The van der Waals surface area contributed by atoms with Gasteiger partial charge in [0.05, 0.1) is 5.41 Å². The number of rotatable bonds is 6. The highest BCUT2D eigenvalue weighted by Crippen LogP contribution is 2.41. The molecule has 0 atom stereocenters. The molecule has 1 aliphatic heterocycles. The van der Waals surface area contributed by atoms with Gasteiger partial charge in [-0.1, -0.05) is 66.9 Å². The molecule has 1 N–H and O–H groups in total. The number of hydrogen-bond acceptors (Lipinski definition) is 2. The number of hydrogen-bond donors (Lipinski definition) is 1. The zero-order valence-corrected chi connectivity index (χ0v) is 17.8. The standard InChI is InChI=1S/C25H31ClN2O/c26-23-10-8-22(9-11-23)25(14-4-5-15-25)24(29)27-18-20-12-16-28(17-13-20)19-21-6-2-1-3-7-21/h1-3,6-11,20H,4-5,12-19H2,(H,27,29). The van der Waals surface area contributed by atoms with Crippen molar-refractivity contribution in [1.82, 2.24) is 10.2 Å².